The van der Waals surface area contributed by atoms with Gasteiger partial charge in [-0.1, -0.05) is 25.4 Å². The van der Waals surface area contributed by atoms with Gasteiger partial charge in [-0.2, -0.15) is 5.10 Å². The van der Waals surface area contributed by atoms with Crippen LogP contribution in [0.2, 0.25) is 5.15 Å². The lowest BCUT2D eigenvalue weighted by molar-refractivity contribution is -0.274. The number of aromatic nitrogens is 2. The minimum absolute atomic E-state index is 0.226. The summed E-state index contributed by atoms with van der Waals surface area (Å²) in [6.45, 7) is 4.00. The zero-order chi connectivity index (χ0) is 17.5. The number of alkyl halides is 3. The van der Waals surface area contributed by atoms with Gasteiger partial charge in [0.05, 0.1) is 11.3 Å². The molecule has 0 saturated heterocycles. The maximum Gasteiger partial charge on any atom is 0.573 e. The van der Waals surface area contributed by atoms with Crippen LogP contribution >= 0.6 is 41.7 Å². The third kappa shape index (κ3) is 6.53. The van der Waals surface area contributed by atoms with E-state index in [2.05, 4.69) is 21.0 Å². The summed E-state index contributed by atoms with van der Waals surface area (Å²) in [5.41, 5.74) is 1.08. The van der Waals surface area contributed by atoms with Crippen molar-refractivity contribution in [3.05, 3.63) is 41.2 Å². The van der Waals surface area contributed by atoms with Gasteiger partial charge >= 0.3 is 6.36 Å². The Morgan fingerprint density at radius 1 is 1.26 bits per heavy atom. The van der Waals surface area contributed by atoms with E-state index in [1.54, 1.807) is 6.20 Å². The Morgan fingerprint density at radius 2 is 1.87 bits per heavy atom. The molecule has 0 spiro atoms. The van der Waals surface area contributed by atoms with Gasteiger partial charge in [0.2, 0.25) is 0 Å². The molecule has 124 valence electrons. The summed E-state index contributed by atoms with van der Waals surface area (Å²) >= 11 is 7.95. The van der Waals surface area contributed by atoms with Crippen molar-refractivity contribution in [3.8, 4) is 22.6 Å². The second-order valence-corrected chi connectivity index (χ2v) is 5.66. The zero-order valence-corrected chi connectivity index (χ0v) is 15.7. The summed E-state index contributed by atoms with van der Waals surface area (Å²) in [5.74, 6) is 2.51. The second kappa shape index (κ2) is 9.30. The molecule has 0 N–H and O–H groups in total. The van der Waals surface area contributed by atoms with Gasteiger partial charge in [-0.05, 0) is 44.4 Å². The van der Waals surface area contributed by atoms with Crippen molar-refractivity contribution >= 4 is 41.7 Å². The zero-order valence-electron chi connectivity index (χ0n) is 12.0. The van der Waals surface area contributed by atoms with E-state index in [0.717, 1.165) is 0 Å². The highest BCUT2D eigenvalue weighted by atomic mass is 127. The smallest absolute Gasteiger partial charge is 0.406 e. The molecular weight excluding hydrogens is 464 g/mol. The number of ether oxygens (including phenoxy) is 1. The van der Waals surface area contributed by atoms with E-state index >= 15 is 0 Å². The first-order chi connectivity index (χ1) is 10.9. The molecule has 0 unspecified atom stereocenters. The van der Waals surface area contributed by atoms with Crippen molar-refractivity contribution in [2.45, 2.75) is 20.2 Å². The Balaban J connectivity index is 0.00000127. The van der Waals surface area contributed by atoms with E-state index in [0.29, 0.717) is 11.3 Å². The predicted molar refractivity (Wildman–Crippen MR) is 95.1 cm³/mol. The molecule has 23 heavy (non-hydrogen) atoms. The summed E-state index contributed by atoms with van der Waals surface area (Å²) in [6.07, 6.45) is -3.11. The largest absolute Gasteiger partial charge is 0.573 e. The third-order valence-electron chi connectivity index (χ3n) is 2.23. The first-order valence-corrected chi connectivity index (χ1v) is 10.0. The number of halogens is 5. The number of hydrogen-bond donors (Lipinski definition) is 0. The monoisotopic (exact) mass is 474 g/mol. The van der Waals surface area contributed by atoms with E-state index in [4.69, 9.17) is 11.6 Å². The topological polar surface area (TPSA) is 27.1 Å². The van der Waals surface area contributed by atoms with Crippen molar-refractivity contribution in [2.24, 2.45) is 0 Å². The average Bonchev–Trinajstić information content (AvgIpc) is 2.87. The summed E-state index contributed by atoms with van der Waals surface area (Å²) in [4.78, 5) is 0. The van der Waals surface area contributed by atoms with E-state index in [1.165, 1.54) is 37.9 Å². The van der Waals surface area contributed by atoms with Crippen LogP contribution < -0.4 is 4.74 Å². The van der Waals surface area contributed by atoms with Crippen molar-refractivity contribution < 1.29 is 17.9 Å². The van der Waals surface area contributed by atoms with E-state index in [9.17, 15) is 13.2 Å². The van der Waals surface area contributed by atoms with E-state index in [1.807, 2.05) is 35.1 Å². The fourth-order valence-corrected chi connectivity index (χ4v) is 2.10. The molecule has 2 aromatic rings. The Morgan fingerprint density at radius 3 is 2.39 bits per heavy atom. The maximum atomic E-state index is 12.1. The molecule has 0 radical (unpaired) electrons. The molecule has 0 amide bonds. The Labute approximate surface area is 153 Å². The number of hydrogen-bond acceptors (Lipinski definition) is 3. The SMILES string of the molecule is CC.FC(F)(F)Oc1ccc(-n2cc(C#CSI)c(Cl)n2)cc1. The first kappa shape index (κ1) is 20.0. The van der Waals surface area contributed by atoms with Gasteiger partial charge < -0.3 is 4.74 Å². The van der Waals surface area contributed by atoms with Crippen molar-refractivity contribution in [1.29, 1.82) is 0 Å². The molecule has 0 aliphatic carbocycles. The lowest BCUT2D eigenvalue weighted by Gasteiger charge is -2.09. The van der Waals surface area contributed by atoms with Gasteiger partial charge in [-0.3, -0.25) is 0 Å². The van der Waals surface area contributed by atoms with Crippen LogP contribution in [-0.4, -0.2) is 16.1 Å². The highest BCUT2D eigenvalue weighted by molar-refractivity contribution is 14.2. The summed E-state index contributed by atoms with van der Waals surface area (Å²) < 4.78 is 41.4. The van der Waals surface area contributed by atoms with Gasteiger partial charge in [0, 0.05) is 27.4 Å². The summed E-state index contributed by atoms with van der Waals surface area (Å²) in [6, 6.07) is 5.28. The van der Waals surface area contributed by atoms with E-state index < -0.39 is 6.36 Å². The van der Waals surface area contributed by atoms with Crippen LogP contribution in [-0.2, 0) is 0 Å². The van der Waals surface area contributed by atoms with Crippen molar-refractivity contribution in [2.75, 3.05) is 0 Å². The molecular formula is C14H11ClF3IN2OS. The van der Waals surface area contributed by atoms with Gasteiger partial charge in [0.15, 0.2) is 5.15 Å². The summed E-state index contributed by atoms with van der Waals surface area (Å²) in [7, 11) is 1.31. The van der Waals surface area contributed by atoms with Crippen molar-refractivity contribution in [1.82, 2.24) is 9.78 Å². The highest BCUT2D eigenvalue weighted by Gasteiger charge is 2.30. The van der Waals surface area contributed by atoms with Crippen LogP contribution in [0.25, 0.3) is 5.69 Å². The number of benzene rings is 1. The molecule has 0 atom stereocenters. The van der Waals surface area contributed by atoms with Crippen LogP contribution in [0, 0.1) is 11.2 Å². The molecule has 9 heteroatoms. The van der Waals surface area contributed by atoms with E-state index in [-0.39, 0.29) is 10.9 Å². The number of nitrogens with zero attached hydrogens (tertiary/aromatic N) is 2. The van der Waals surface area contributed by atoms with Gasteiger partial charge in [-0.25, -0.2) is 4.68 Å². The van der Waals surface area contributed by atoms with Crippen LogP contribution in [0.5, 0.6) is 5.75 Å². The Kier molecular flexibility index (Phi) is 8.08. The second-order valence-electron chi connectivity index (χ2n) is 3.62. The molecule has 1 aromatic carbocycles. The van der Waals surface area contributed by atoms with Gasteiger partial charge in [-0.15, -0.1) is 13.2 Å². The first-order valence-electron chi connectivity index (χ1n) is 6.29. The molecule has 2 rings (SSSR count). The normalized spacial score (nSPS) is 10.2. The van der Waals surface area contributed by atoms with Crippen LogP contribution in [0.4, 0.5) is 13.2 Å². The predicted octanol–water partition coefficient (Wildman–Crippen LogP) is 5.84. The Bertz CT molecular complexity index is 693. The minimum atomic E-state index is -4.71. The lowest BCUT2D eigenvalue weighted by Crippen LogP contribution is -2.17. The fraction of sp³-hybridized carbons (Fsp3) is 0.214. The third-order valence-corrected chi connectivity index (χ3v) is 3.35. The molecule has 3 nitrogen and oxygen atoms in total. The van der Waals surface area contributed by atoms with Crippen LogP contribution in [0.15, 0.2) is 30.5 Å². The fourth-order valence-electron chi connectivity index (χ4n) is 1.44. The number of rotatable bonds is 2. The molecule has 0 aliphatic rings. The van der Waals surface area contributed by atoms with Gasteiger partial charge in [0.1, 0.15) is 5.75 Å². The molecule has 1 aromatic heterocycles. The molecule has 0 aliphatic heterocycles. The average molecular weight is 475 g/mol. The minimum Gasteiger partial charge on any atom is -0.406 e. The standard InChI is InChI=1S/C12H5ClF3IN2OS.C2H6/c13-11-8(5-6-21-17)7-19(18-11)9-1-3-10(4-2-9)20-12(14,15)16;1-2/h1-4,7H;1-2H3. The van der Waals surface area contributed by atoms with Crippen molar-refractivity contribution in [3.63, 3.8) is 0 Å². The summed E-state index contributed by atoms with van der Waals surface area (Å²) in [5, 5.41) is 7.04. The van der Waals surface area contributed by atoms with Gasteiger partial charge in [0.25, 0.3) is 0 Å². The molecule has 1 heterocycles. The lowest BCUT2D eigenvalue weighted by atomic mass is 10.3. The maximum absolute atomic E-state index is 12.1. The molecule has 0 bridgehead atoms. The quantitative estimate of drug-likeness (QED) is 0.404. The molecule has 0 fully saturated rings. The molecule has 0 saturated carbocycles. The highest BCUT2D eigenvalue weighted by Crippen LogP contribution is 2.24. The Hall–Kier alpha value is -1.05. The van der Waals surface area contributed by atoms with Crippen LogP contribution in [0.1, 0.15) is 19.4 Å². The van der Waals surface area contributed by atoms with Crippen LogP contribution in [0.3, 0.4) is 0 Å².